The van der Waals surface area contributed by atoms with Crippen LogP contribution in [-0.2, 0) is 9.47 Å². The molecule has 0 rings (SSSR count). The van der Waals surface area contributed by atoms with Crippen molar-refractivity contribution in [3.8, 4) is 11.5 Å². The molecular weight excluding hydrogens is 204 g/mol. The zero-order chi connectivity index (χ0) is 11.9. The Labute approximate surface area is 94.7 Å². The molecule has 0 radical (unpaired) electrons. The molecule has 0 amide bonds. The van der Waals surface area contributed by atoms with E-state index in [1.807, 2.05) is 6.08 Å². The Morgan fingerprint density at radius 1 is 1.27 bits per heavy atom. The molecule has 0 aromatic rings. The van der Waals surface area contributed by atoms with Gasteiger partial charge in [0.15, 0.2) is 0 Å². The van der Waals surface area contributed by atoms with E-state index >= 15 is 0 Å². The lowest BCUT2D eigenvalue weighted by molar-refractivity contribution is -0.165. The van der Waals surface area contributed by atoms with Crippen molar-refractivity contribution in [1.82, 2.24) is 0 Å². The van der Waals surface area contributed by atoms with Crippen LogP contribution in [-0.4, -0.2) is 28.1 Å². The zero-order valence-corrected chi connectivity index (χ0v) is 11.5. The average Bonchev–Trinajstić information content (AvgIpc) is 2.18. The Hall–Kier alpha value is -0.563. The molecule has 0 atom stereocenters. The van der Waals surface area contributed by atoms with Crippen molar-refractivity contribution in [1.29, 1.82) is 0 Å². The summed E-state index contributed by atoms with van der Waals surface area (Å²) in [5.74, 6) is 2.37. The van der Waals surface area contributed by atoms with Gasteiger partial charge in [-0.3, -0.25) is 0 Å². The Balaban J connectivity index is 4.75. The molecule has 0 aromatic heterocycles. The van der Waals surface area contributed by atoms with Gasteiger partial charge in [-0.1, -0.05) is 25.7 Å². The van der Waals surface area contributed by atoms with E-state index in [0.717, 1.165) is 12.8 Å². The summed E-state index contributed by atoms with van der Waals surface area (Å²) in [5.41, 5.74) is 3.28. The van der Waals surface area contributed by atoms with Crippen LogP contribution >= 0.6 is 0 Å². The summed E-state index contributed by atoms with van der Waals surface area (Å²) < 4.78 is 10.7. The lowest BCUT2D eigenvalue weighted by atomic mass is 10.1. The number of hydrogen-bond donors (Lipinski definition) is 0. The van der Waals surface area contributed by atoms with Gasteiger partial charge in [0.25, 0.3) is 0 Å². The van der Waals surface area contributed by atoms with E-state index in [4.69, 9.17) is 9.47 Å². The lowest BCUT2D eigenvalue weighted by Crippen LogP contribution is -2.33. The van der Waals surface area contributed by atoms with Crippen molar-refractivity contribution in [2.75, 3.05) is 14.2 Å². The second-order valence-corrected chi connectivity index (χ2v) is 9.24. The predicted molar refractivity (Wildman–Crippen MR) is 67.3 cm³/mol. The second kappa shape index (κ2) is 6.11. The predicted octanol–water partition coefficient (Wildman–Crippen LogP) is 2.82. The van der Waals surface area contributed by atoms with Gasteiger partial charge in [0.05, 0.1) is 0 Å². The van der Waals surface area contributed by atoms with Crippen LogP contribution in [0.25, 0.3) is 0 Å². The van der Waals surface area contributed by atoms with Gasteiger partial charge >= 0.3 is 0 Å². The molecule has 86 valence electrons. The first kappa shape index (κ1) is 14.4. The molecule has 0 aliphatic carbocycles. The summed E-state index contributed by atoms with van der Waals surface area (Å²) in [4.78, 5) is 0. The first-order chi connectivity index (χ1) is 6.89. The molecule has 0 saturated carbocycles. The molecule has 0 aliphatic rings. The number of methoxy groups -OCH3 is 2. The minimum absolute atomic E-state index is 0.723. The van der Waals surface area contributed by atoms with E-state index in [2.05, 4.69) is 37.7 Å². The summed E-state index contributed by atoms with van der Waals surface area (Å²) in [7, 11) is 1.88. The van der Waals surface area contributed by atoms with E-state index in [1.54, 1.807) is 14.2 Å². The lowest BCUT2D eigenvalue weighted by Gasteiger charge is -2.25. The normalized spacial score (nSPS) is 11.8. The fourth-order valence-electron chi connectivity index (χ4n) is 1.03. The number of ether oxygens (including phenoxy) is 2. The molecule has 3 heteroatoms. The van der Waals surface area contributed by atoms with Gasteiger partial charge in [-0.2, -0.15) is 0 Å². The highest BCUT2D eigenvalue weighted by molar-refractivity contribution is 6.83. The van der Waals surface area contributed by atoms with E-state index in [0.29, 0.717) is 0 Å². The molecular formula is C12H22O2Si. The Morgan fingerprint density at radius 3 is 2.13 bits per heavy atom. The highest BCUT2D eigenvalue weighted by Crippen LogP contribution is 2.18. The maximum absolute atomic E-state index is 5.36. The number of rotatable bonds is 5. The molecule has 15 heavy (non-hydrogen) atoms. The average molecular weight is 226 g/mol. The third-order valence-corrected chi connectivity index (χ3v) is 2.84. The van der Waals surface area contributed by atoms with Gasteiger partial charge in [-0.25, -0.2) is 0 Å². The maximum Gasteiger partial charge on any atom is 0.232 e. The van der Waals surface area contributed by atoms with Crippen molar-refractivity contribution in [3.63, 3.8) is 0 Å². The first-order valence-electron chi connectivity index (χ1n) is 5.14. The van der Waals surface area contributed by atoms with E-state index in [-0.39, 0.29) is 0 Å². The summed E-state index contributed by atoms with van der Waals surface area (Å²) in [6.07, 6.45) is 3.41. The van der Waals surface area contributed by atoms with E-state index < -0.39 is 13.9 Å². The molecule has 0 spiro atoms. The summed E-state index contributed by atoms with van der Waals surface area (Å²) >= 11 is 0. The van der Waals surface area contributed by atoms with Crippen molar-refractivity contribution in [2.45, 2.75) is 38.3 Å². The highest BCUT2D eigenvalue weighted by atomic mass is 28.3. The smallest absolute Gasteiger partial charge is 0.232 e. The SMILES string of the molecule is C=CCCC(C#C[Si](C)(C)C)(OC)OC. The van der Waals surface area contributed by atoms with Crippen molar-refractivity contribution >= 4 is 8.07 Å². The van der Waals surface area contributed by atoms with Crippen LogP contribution in [0.4, 0.5) is 0 Å². The molecule has 0 heterocycles. The molecule has 0 aliphatic heterocycles. The maximum atomic E-state index is 5.36. The van der Waals surface area contributed by atoms with Gasteiger partial charge < -0.3 is 9.47 Å². The van der Waals surface area contributed by atoms with Gasteiger partial charge in [-0.05, 0) is 12.3 Å². The van der Waals surface area contributed by atoms with Gasteiger partial charge in [0, 0.05) is 20.6 Å². The summed E-state index contributed by atoms with van der Waals surface area (Å²) in [6.45, 7) is 10.3. The van der Waals surface area contributed by atoms with Gasteiger partial charge in [0.2, 0.25) is 5.79 Å². The molecule has 2 nitrogen and oxygen atoms in total. The second-order valence-electron chi connectivity index (χ2n) is 4.49. The molecule has 0 N–H and O–H groups in total. The molecule has 0 saturated heterocycles. The molecule has 0 unspecified atom stereocenters. The first-order valence-corrected chi connectivity index (χ1v) is 8.64. The van der Waals surface area contributed by atoms with E-state index in [9.17, 15) is 0 Å². The number of hydrogen-bond acceptors (Lipinski definition) is 2. The van der Waals surface area contributed by atoms with Crippen LogP contribution in [0.5, 0.6) is 0 Å². The highest BCUT2D eigenvalue weighted by Gasteiger charge is 2.26. The van der Waals surface area contributed by atoms with Crippen molar-refractivity contribution in [3.05, 3.63) is 12.7 Å². The standard InChI is InChI=1S/C12H22O2Si/c1-7-8-9-12(13-2,14-3)10-11-15(4,5)6/h7H,1,8-9H2,2-6H3. The van der Waals surface area contributed by atoms with Crippen LogP contribution in [0, 0.1) is 11.5 Å². The third-order valence-electron chi connectivity index (χ3n) is 1.97. The largest absolute Gasteiger partial charge is 0.343 e. The van der Waals surface area contributed by atoms with Crippen LogP contribution in [0.1, 0.15) is 12.8 Å². The summed E-state index contributed by atoms with van der Waals surface area (Å²) in [6, 6.07) is 0. The quantitative estimate of drug-likeness (QED) is 0.311. The molecule has 0 bridgehead atoms. The summed E-state index contributed by atoms with van der Waals surface area (Å²) in [5, 5.41) is 0. The van der Waals surface area contributed by atoms with Crippen LogP contribution in [0.15, 0.2) is 12.7 Å². The Morgan fingerprint density at radius 2 is 1.80 bits per heavy atom. The Bertz CT molecular complexity index is 251. The monoisotopic (exact) mass is 226 g/mol. The fourth-order valence-corrected chi connectivity index (χ4v) is 1.59. The van der Waals surface area contributed by atoms with Gasteiger partial charge in [0.1, 0.15) is 8.07 Å². The third kappa shape index (κ3) is 5.78. The minimum Gasteiger partial charge on any atom is -0.343 e. The van der Waals surface area contributed by atoms with Crippen LogP contribution in [0.2, 0.25) is 19.6 Å². The minimum atomic E-state index is -1.39. The van der Waals surface area contributed by atoms with Crippen molar-refractivity contribution < 1.29 is 9.47 Å². The van der Waals surface area contributed by atoms with Crippen LogP contribution in [0.3, 0.4) is 0 Å². The molecule has 0 aromatic carbocycles. The molecule has 0 fully saturated rings. The number of allylic oxidation sites excluding steroid dienone is 1. The van der Waals surface area contributed by atoms with Crippen molar-refractivity contribution in [2.24, 2.45) is 0 Å². The fraction of sp³-hybridized carbons (Fsp3) is 0.667. The zero-order valence-electron chi connectivity index (χ0n) is 10.5. The topological polar surface area (TPSA) is 18.5 Å². The van der Waals surface area contributed by atoms with Crippen LogP contribution < -0.4 is 0 Å². The Kier molecular flexibility index (Phi) is 5.88. The van der Waals surface area contributed by atoms with Gasteiger partial charge in [-0.15, -0.1) is 12.1 Å². The van der Waals surface area contributed by atoms with E-state index in [1.165, 1.54) is 0 Å².